The number of hydrogen-bond donors (Lipinski definition) is 1. The number of nitrogens with zero attached hydrogens (tertiary/aromatic N) is 2. The largest absolute Gasteiger partial charge is 0.466 e. The SMILES string of the molecule is Cc1cc(C(=O)N2CCN(C(=O)CC(C)C3CCCNC3)CC2)c(C)o1. The van der Waals surface area contributed by atoms with Gasteiger partial charge < -0.3 is 19.5 Å². The lowest BCUT2D eigenvalue weighted by Crippen LogP contribution is -2.51. The molecule has 1 aromatic heterocycles. The van der Waals surface area contributed by atoms with Crippen molar-refractivity contribution < 1.29 is 14.0 Å². The average Bonchev–Trinajstić information content (AvgIpc) is 3.00. The van der Waals surface area contributed by atoms with E-state index in [0.717, 1.165) is 18.8 Å². The highest BCUT2D eigenvalue weighted by Gasteiger charge is 2.29. The van der Waals surface area contributed by atoms with Gasteiger partial charge in [0.2, 0.25) is 5.91 Å². The molecule has 2 fully saturated rings. The quantitative estimate of drug-likeness (QED) is 0.893. The number of hydrogen-bond acceptors (Lipinski definition) is 4. The molecule has 144 valence electrons. The number of amides is 2. The topological polar surface area (TPSA) is 65.8 Å². The van der Waals surface area contributed by atoms with Gasteiger partial charge in [0.05, 0.1) is 5.56 Å². The molecule has 0 bridgehead atoms. The van der Waals surface area contributed by atoms with Gasteiger partial charge in [-0.05, 0) is 57.7 Å². The van der Waals surface area contributed by atoms with Crippen LogP contribution in [0, 0.1) is 25.7 Å². The highest BCUT2D eigenvalue weighted by atomic mass is 16.3. The van der Waals surface area contributed by atoms with E-state index in [4.69, 9.17) is 4.42 Å². The molecule has 0 saturated carbocycles. The van der Waals surface area contributed by atoms with Gasteiger partial charge in [-0.2, -0.15) is 0 Å². The second-order valence-electron chi connectivity index (χ2n) is 7.79. The van der Waals surface area contributed by atoms with Gasteiger partial charge in [-0.3, -0.25) is 9.59 Å². The maximum atomic E-state index is 12.7. The van der Waals surface area contributed by atoms with Gasteiger partial charge in [-0.15, -0.1) is 0 Å². The van der Waals surface area contributed by atoms with Gasteiger partial charge in [-0.25, -0.2) is 0 Å². The fourth-order valence-electron chi connectivity index (χ4n) is 4.11. The van der Waals surface area contributed by atoms with Gasteiger partial charge in [-0.1, -0.05) is 6.92 Å². The molecule has 2 aliphatic rings. The lowest BCUT2D eigenvalue weighted by molar-refractivity contribution is -0.134. The Morgan fingerprint density at radius 3 is 2.50 bits per heavy atom. The number of rotatable bonds is 4. The molecule has 2 unspecified atom stereocenters. The van der Waals surface area contributed by atoms with Crippen molar-refractivity contribution in [1.82, 2.24) is 15.1 Å². The van der Waals surface area contributed by atoms with Gasteiger partial charge in [0.1, 0.15) is 11.5 Å². The van der Waals surface area contributed by atoms with E-state index in [1.54, 1.807) is 6.07 Å². The number of carbonyl (C=O) groups excluding carboxylic acids is 2. The summed E-state index contributed by atoms with van der Waals surface area (Å²) in [4.78, 5) is 29.0. The van der Waals surface area contributed by atoms with Crippen molar-refractivity contribution in [3.05, 3.63) is 23.2 Å². The van der Waals surface area contributed by atoms with Crippen LogP contribution in [0.15, 0.2) is 10.5 Å². The van der Waals surface area contributed by atoms with Crippen molar-refractivity contribution >= 4 is 11.8 Å². The number of furan rings is 1. The molecule has 1 aromatic rings. The minimum atomic E-state index is 0.00750. The van der Waals surface area contributed by atoms with Crippen LogP contribution < -0.4 is 5.32 Å². The zero-order valence-corrected chi connectivity index (χ0v) is 16.2. The maximum Gasteiger partial charge on any atom is 0.257 e. The third-order valence-corrected chi connectivity index (χ3v) is 5.83. The summed E-state index contributed by atoms with van der Waals surface area (Å²) >= 11 is 0. The van der Waals surface area contributed by atoms with E-state index in [1.807, 2.05) is 23.6 Å². The number of piperidine rings is 1. The summed E-state index contributed by atoms with van der Waals surface area (Å²) in [5, 5.41) is 3.43. The molecular weight excluding hydrogens is 330 g/mol. The molecular formula is C20H31N3O3. The fourth-order valence-corrected chi connectivity index (χ4v) is 4.11. The minimum Gasteiger partial charge on any atom is -0.466 e. The van der Waals surface area contributed by atoms with E-state index in [9.17, 15) is 9.59 Å². The number of nitrogens with one attached hydrogen (secondary N) is 1. The molecule has 6 heteroatoms. The van der Waals surface area contributed by atoms with Crippen LogP contribution >= 0.6 is 0 Å². The normalized spacial score (nSPS) is 22.3. The van der Waals surface area contributed by atoms with Crippen LogP contribution in [0.4, 0.5) is 0 Å². The summed E-state index contributed by atoms with van der Waals surface area (Å²) in [6.07, 6.45) is 3.03. The molecule has 0 radical (unpaired) electrons. The van der Waals surface area contributed by atoms with Gasteiger partial charge >= 0.3 is 0 Å². The Balaban J connectivity index is 1.49. The summed E-state index contributed by atoms with van der Waals surface area (Å²) in [6.45, 7) is 10.4. The molecule has 0 aromatic carbocycles. The standard InChI is InChI=1S/C20H31N3O3/c1-14(17-5-4-6-21-13-17)11-19(24)22-7-9-23(10-8-22)20(25)18-12-15(2)26-16(18)3/h12,14,17,21H,4-11,13H2,1-3H3. The predicted octanol–water partition coefficient (Wildman–Crippen LogP) is 2.21. The molecule has 0 aliphatic carbocycles. The number of carbonyl (C=O) groups is 2. The molecule has 2 aliphatic heterocycles. The van der Waals surface area contributed by atoms with E-state index >= 15 is 0 Å². The van der Waals surface area contributed by atoms with Crippen molar-refractivity contribution in [2.75, 3.05) is 39.3 Å². The Bertz CT molecular complexity index is 641. The first-order chi connectivity index (χ1) is 12.5. The molecule has 1 N–H and O–H groups in total. The maximum absolute atomic E-state index is 12.7. The van der Waals surface area contributed by atoms with Crippen molar-refractivity contribution in [2.24, 2.45) is 11.8 Å². The summed E-state index contributed by atoms with van der Waals surface area (Å²) in [5.74, 6) is 2.67. The Morgan fingerprint density at radius 1 is 1.23 bits per heavy atom. The molecule has 0 spiro atoms. The summed E-state index contributed by atoms with van der Waals surface area (Å²) < 4.78 is 5.47. The van der Waals surface area contributed by atoms with E-state index in [0.29, 0.717) is 55.8 Å². The Morgan fingerprint density at radius 2 is 1.92 bits per heavy atom. The van der Waals surface area contributed by atoms with Gasteiger partial charge in [0.15, 0.2) is 0 Å². The van der Waals surface area contributed by atoms with Crippen LogP contribution in [0.25, 0.3) is 0 Å². The monoisotopic (exact) mass is 361 g/mol. The highest BCUT2D eigenvalue weighted by molar-refractivity contribution is 5.95. The van der Waals surface area contributed by atoms with Crippen molar-refractivity contribution in [2.45, 2.75) is 40.0 Å². The molecule has 26 heavy (non-hydrogen) atoms. The van der Waals surface area contributed by atoms with E-state index in [1.165, 1.54) is 12.8 Å². The van der Waals surface area contributed by atoms with E-state index in [2.05, 4.69) is 12.2 Å². The van der Waals surface area contributed by atoms with E-state index in [-0.39, 0.29) is 11.8 Å². The third-order valence-electron chi connectivity index (χ3n) is 5.83. The smallest absolute Gasteiger partial charge is 0.257 e. The zero-order chi connectivity index (χ0) is 18.7. The van der Waals surface area contributed by atoms with Crippen molar-refractivity contribution in [3.8, 4) is 0 Å². The second-order valence-corrected chi connectivity index (χ2v) is 7.79. The summed E-state index contributed by atoms with van der Waals surface area (Å²) in [6, 6.07) is 1.80. The third kappa shape index (κ3) is 4.29. The van der Waals surface area contributed by atoms with Crippen molar-refractivity contribution in [1.29, 1.82) is 0 Å². The number of aryl methyl sites for hydroxylation is 2. The van der Waals surface area contributed by atoms with Crippen LogP contribution in [-0.2, 0) is 4.79 Å². The molecule has 2 amide bonds. The highest BCUT2D eigenvalue weighted by Crippen LogP contribution is 2.24. The molecule has 6 nitrogen and oxygen atoms in total. The first kappa shape index (κ1) is 19.0. The predicted molar refractivity (Wildman–Crippen MR) is 100 cm³/mol. The lowest BCUT2D eigenvalue weighted by Gasteiger charge is -2.36. The van der Waals surface area contributed by atoms with Crippen LogP contribution in [0.3, 0.4) is 0 Å². The Kier molecular flexibility index (Phi) is 6.01. The van der Waals surface area contributed by atoms with Crippen LogP contribution in [0.5, 0.6) is 0 Å². The Labute approximate surface area is 155 Å². The number of piperazine rings is 1. The molecule has 3 heterocycles. The fraction of sp³-hybridized carbons (Fsp3) is 0.700. The second kappa shape index (κ2) is 8.25. The van der Waals surface area contributed by atoms with Crippen LogP contribution in [-0.4, -0.2) is 60.9 Å². The van der Waals surface area contributed by atoms with Crippen LogP contribution in [0.2, 0.25) is 0 Å². The summed E-state index contributed by atoms with van der Waals surface area (Å²) in [7, 11) is 0. The first-order valence-electron chi connectivity index (χ1n) is 9.80. The van der Waals surface area contributed by atoms with Gasteiger partial charge in [0.25, 0.3) is 5.91 Å². The van der Waals surface area contributed by atoms with Gasteiger partial charge in [0, 0.05) is 32.6 Å². The van der Waals surface area contributed by atoms with Crippen LogP contribution in [0.1, 0.15) is 48.1 Å². The first-order valence-corrected chi connectivity index (χ1v) is 9.80. The zero-order valence-electron chi connectivity index (χ0n) is 16.2. The van der Waals surface area contributed by atoms with Crippen molar-refractivity contribution in [3.63, 3.8) is 0 Å². The lowest BCUT2D eigenvalue weighted by atomic mass is 9.85. The molecule has 2 saturated heterocycles. The Hall–Kier alpha value is -1.82. The minimum absolute atomic E-state index is 0.00750. The molecule has 3 rings (SSSR count). The summed E-state index contributed by atoms with van der Waals surface area (Å²) in [5.41, 5.74) is 0.640. The average molecular weight is 361 g/mol. The van der Waals surface area contributed by atoms with E-state index < -0.39 is 0 Å². The molecule has 2 atom stereocenters.